The molecule has 0 bridgehead atoms. The minimum atomic E-state index is -0.902. The summed E-state index contributed by atoms with van der Waals surface area (Å²) < 4.78 is 0.543. The lowest BCUT2D eigenvalue weighted by Crippen LogP contribution is -2.10. The van der Waals surface area contributed by atoms with Crippen LogP contribution in [0.5, 0.6) is 0 Å². The lowest BCUT2D eigenvalue weighted by Gasteiger charge is -1.99. The van der Waals surface area contributed by atoms with Gasteiger partial charge in [-0.2, -0.15) is 0 Å². The van der Waals surface area contributed by atoms with Gasteiger partial charge in [-0.1, -0.05) is 42.9 Å². The monoisotopic (exact) mass is 289 g/mol. The Hall–Kier alpha value is -1.15. The fourth-order valence-corrected chi connectivity index (χ4v) is 2.65. The number of carboxylic acids is 1. The van der Waals surface area contributed by atoms with Gasteiger partial charge in [0.2, 0.25) is 11.0 Å². The van der Waals surface area contributed by atoms with Crippen molar-refractivity contribution in [1.82, 2.24) is 10.2 Å². The molecule has 0 aliphatic carbocycles. The van der Waals surface area contributed by atoms with E-state index in [1.54, 1.807) is 0 Å². The Labute approximate surface area is 113 Å². The molecule has 18 heavy (non-hydrogen) atoms. The number of hydrogen-bond donors (Lipinski definition) is 2. The predicted molar refractivity (Wildman–Crippen MR) is 71.0 cm³/mol. The molecule has 0 saturated heterocycles. The van der Waals surface area contributed by atoms with Gasteiger partial charge in [-0.3, -0.25) is 9.59 Å². The first kappa shape index (κ1) is 14.9. The van der Waals surface area contributed by atoms with Crippen LogP contribution in [0, 0.1) is 0 Å². The Morgan fingerprint density at radius 3 is 2.83 bits per heavy atom. The fraction of sp³-hybridized carbons (Fsp3) is 0.600. The summed E-state index contributed by atoms with van der Waals surface area (Å²) in [6, 6.07) is 0. The van der Waals surface area contributed by atoms with Crippen LogP contribution in [-0.2, 0) is 9.59 Å². The maximum atomic E-state index is 11.5. The molecular weight excluding hydrogens is 274 g/mol. The third-order valence-corrected chi connectivity index (χ3v) is 3.94. The van der Waals surface area contributed by atoms with E-state index in [0.717, 1.165) is 31.0 Å². The van der Waals surface area contributed by atoms with Crippen molar-refractivity contribution < 1.29 is 14.7 Å². The highest BCUT2D eigenvalue weighted by Crippen LogP contribution is 2.25. The first-order valence-electron chi connectivity index (χ1n) is 5.59. The summed E-state index contributed by atoms with van der Waals surface area (Å²) in [6.45, 7) is 2.08. The molecule has 0 aromatic carbocycles. The molecule has 1 amide bonds. The lowest BCUT2D eigenvalue weighted by atomic mass is 10.2. The third-order valence-electron chi connectivity index (χ3n) is 1.98. The van der Waals surface area contributed by atoms with E-state index in [1.807, 2.05) is 0 Å². The van der Waals surface area contributed by atoms with Gasteiger partial charge < -0.3 is 10.4 Å². The maximum Gasteiger partial charge on any atom is 0.313 e. The molecule has 1 aromatic heterocycles. The number of aromatic nitrogens is 2. The summed E-state index contributed by atoms with van der Waals surface area (Å²) in [7, 11) is 0. The van der Waals surface area contributed by atoms with Gasteiger partial charge in [-0.15, -0.1) is 10.2 Å². The number of rotatable bonds is 8. The van der Waals surface area contributed by atoms with E-state index >= 15 is 0 Å². The van der Waals surface area contributed by atoms with E-state index in [9.17, 15) is 9.59 Å². The van der Waals surface area contributed by atoms with Gasteiger partial charge in [0.05, 0.1) is 5.75 Å². The Morgan fingerprint density at radius 1 is 1.39 bits per heavy atom. The van der Waals surface area contributed by atoms with E-state index in [1.165, 1.54) is 11.3 Å². The molecule has 0 fully saturated rings. The Kier molecular flexibility index (Phi) is 6.66. The number of hydrogen-bond acceptors (Lipinski definition) is 6. The molecule has 1 aromatic rings. The first-order valence-corrected chi connectivity index (χ1v) is 7.40. The minimum Gasteiger partial charge on any atom is -0.481 e. The molecule has 2 N–H and O–H groups in total. The van der Waals surface area contributed by atoms with E-state index in [-0.39, 0.29) is 11.7 Å². The number of aliphatic carboxylic acids is 1. The van der Waals surface area contributed by atoms with E-state index in [0.29, 0.717) is 15.9 Å². The second-order valence-corrected chi connectivity index (χ2v) is 5.76. The molecule has 100 valence electrons. The molecule has 0 radical (unpaired) electrons. The minimum absolute atomic E-state index is 0.0565. The molecule has 6 nitrogen and oxygen atoms in total. The smallest absolute Gasteiger partial charge is 0.313 e. The van der Waals surface area contributed by atoms with Gasteiger partial charge in [0.15, 0.2) is 4.34 Å². The van der Waals surface area contributed by atoms with Gasteiger partial charge in [0.25, 0.3) is 0 Å². The van der Waals surface area contributed by atoms with Gasteiger partial charge in [0.1, 0.15) is 0 Å². The normalized spacial score (nSPS) is 10.3. The van der Waals surface area contributed by atoms with Crippen LogP contribution in [0.3, 0.4) is 0 Å². The van der Waals surface area contributed by atoms with Crippen LogP contribution >= 0.6 is 23.1 Å². The molecule has 0 saturated carbocycles. The van der Waals surface area contributed by atoms with Crippen molar-refractivity contribution in [3.05, 3.63) is 0 Å². The second-order valence-electron chi connectivity index (χ2n) is 3.56. The topological polar surface area (TPSA) is 92.2 Å². The van der Waals surface area contributed by atoms with Crippen LogP contribution in [0.25, 0.3) is 0 Å². The number of nitrogens with zero attached hydrogens (tertiary/aromatic N) is 2. The number of amides is 1. The quantitative estimate of drug-likeness (QED) is 0.433. The van der Waals surface area contributed by atoms with Crippen molar-refractivity contribution in [1.29, 1.82) is 0 Å². The SMILES string of the molecule is CCCCCC(=O)Nc1nnc(SCC(=O)O)s1. The number of carbonyl (C=O) groups is 2. The summed E-state index contributed by atoms with van der Waals surface area (Å²) in [5.41, 5.74) is 0. The van der Waals surface area contributed by atoms with Crippen LogP contribution in [0.4, 0.5) is 5.13 Å². The highest BCUT2D eigenvalue weighted by atomic mass is 32.2. The van der Waals surface area contributed by atoms with E-state index < -0.39 is 5.97 Å². The summed E-state index contributed by atoms with van der Waals surface area (Å²) in [5.74, 6) is -1.03. The molecule has 0 aliphatic rings. The predicted octanol–water partition coefficient (Wildman–Crippen LogP) is 2.23. The number of carbonyl (C=O) groups excluding carboxylic acids is 1. The van der Waals surface area contributed by atoms with Crippen molar-refractivity contribution >= 4 is 40.1 Å². The standard InChI is InChI=1S/C10H15N3O3S2/c1-2-3-4-5-7(14)11-9-12-13-10(18-9)17-6-8(15)16/h2-6H2,1H3,(H,15,16)(H,11,12,14). The van der Waals surface area contributed by atoms with Gasteiger partial charge in [-0.25, -0.2) is 0 Å². The molecule has 0 atom stereocenters. The Morgan fingerprint density at radius 2 is 2.17 bits per heavy atom. The van der Waals surface area contributed by atoms with Crippen LogP contribution in [0.1, 0.15) is 32.6 Å². The van der Waals surface area contributed by atoms with Crippen molar-refractivity contribution in [3.8, 4) is 0 Å². The van der Waals surface area contributed by atoms with Crippen LogP contribution < -0.4 is 5.32 Å². The van der Waals surface area contributed by atoms with Crippen molar-refractivity contribution in [2.75, 3.05) is 11.1 Å². The maximum absolute atomic E-state index is 11.5. The van der Waals surface area contributed by atoms with Crippen LogP contribution in [0.2, 0.25) is 0 Å². The highest BCUT2D eigenvalue weighted by Gasteiger charge is 2.09. The zero-order valence-corrected chi connectivity index (χ0v) is 11.6. The first-order chi connectivity index (χ1) is 8.61. The summed E-state index contributed by atoms with van der Waals surface area (Å²) >= 11 is 2.28. The number of carboxylic acid groups (broad SMARTS) is 1. The van der Waals surface area contributed by atoms with Crippen molar-refractivity contribution in [3.63, 3.8) is 0 Å². The third kappa shape index (κ3) is 5.97. The largest absolute Gasteiger partial charge is 0.481 e. The summed E-state index contributed by atoms with van der Waals surface area (Å²) in [6.07, 6.45) is 3.44. The number of thioether (sulfide) groups is 1. The van der Waals surface area contributed by atoms with E-state index in [4.69, 9.17) is 5.11 Å². The average Bonchev–Trinajstić information content (AvgIpc) is 2.74. The Bertz CT molecular complexity index is 409. The molecule has 0 unspecified atom stereocenters. The van der Waals surface area contributed by atoms with Crippen molar-refractivity contribution in [2.45, 2.75) is 36.9 Å². The number of unbranched alkanes of at least 4 members (excludes halogenated alkanes) is 2. The fourth-order valence-electron chi connectivity index (χ4n) is 1.16. The second kappa shape index (κ2) is 8.04. The van der Waals surface area contributed by atoms with E-state index in [2.05, 4.69) is 22.4 Å². The summed E-state index contributed by atoms with van der Waals surface area (Å²) in [4.78, 5) is 21.9. The molecule has 8 heteroatoms. The molecule has 1 heterocycles. The molecule has 0 aliphatic heterocycles. The van der Waals surface area contributed by atoms with Gasteiger partial charge in [-0.05, 0) is 6.42 Å². The Balaban J connectivity index is 2.34. The van der Waals surface area contributed by atoms with Gasteiger partial charge >= 0.3 is 5.97 Å². The van der Waals surface area contributed by atoms with Crippen LogP contribution in [0.15, 0.2) is 4.34 Å². The molecular formula is C10H15N3O3S2. The van der Waals surface area contributed by atoms with Crippen molar-refractivity contribution in [2.24, 2.45) is 0 Å². The van der Waals surface area contributed by atoms with Crippen LogP contribution in [-0.4, -0.2) is 32.9 Å². The molecule has 1 rings (SSSR count). The number of nitrogens with one attached hydrogen (secondary N) is 1. The zero-order chi connectivity index (χ0) is 13.4. The number of anilines is 1. The highest BCUT2D eigenvalue weighted by molar-refractivity contribution is 8.01. The van der Waals surface area contributed by atoms with Gasteiger partial charge in [0, 0.05) is 6.42 Å². The molecule has 0 spiro atoms. The summed E-state index contributed by atoms with van der Waals surface area (Å²) in [5, 5.41) is 19.2. The lowest BCUT2D eigenvalue weighted by molar-refractivity contribution is -0.133. The zero-order valence-electron chi connectivity index (χ0n) is 10.0. The average molecular weight is 289 g/mol.